The fourth-order valence-corrected chi connectivity index (χ4v) is 2.96. The van der Waals surface area contributed by atoms with E-state index in [1.54, 1.807) is 0 Å². The Balaban J connectivity index is 2.48. The van der Waals surface area contributed by atoms with Crippen LogP contribution in [0, 0.1) is 0 Å². The second-order valence-electron chi connectivity index (χ2n) is 6.16. The molecule has 4 heteroatoms. The molecule has 20 heavy (non-hydrogen) atoms. The molecule has 1 saturated heterocycles. The predicted molar refractivity (Wildman–Crippen MR) is 84.9 cm³/mol. The van der Waals surface area contributed by atoms with Gasteiger partial charge in [-0.25, -0.2) is 0 Å². The number of hydrogen-bond donors (Lipinski definition) is 2. The second-order valence-corrected chi connectivity index (χ2v) is 6.16. The van der Waals surface area contributed by atoms with Crippen LogP contribution in [0.1, 0.15) is 59.8 Å². The van der Waals surface area contributed by atoms with Crippen LogP contribution in [0.2, 0.25) is 0 Å². The van der Waals surface area contributed by atoms with Gasteiger partial charge < -0.3 is 10.6 Å². The van der Waals surface area contributed by atoms with Crippen molar-refractivity contribution in [3.05, 3.63) is 0 Å². The van der Waals surface area contributed by atoms with E-state index >= 15 is 0 Å². The summed E-state index contributed by atoms with van der Waals surface area (Å²) in [5.41, 5.74) is 0. The normalized spacial score (nSPS) is 21.9. The van der Waals surface area contributed by atoms with E-state index in [4.69, 9.17) is 0 Å². The first-order chi connectivity index (χ1) is 9.58. The molecule has 1 amide bonds. The quantitative estimate of drug-likeness (QED) is 0.681. The highest BCUT2D eigenvalue weighted by Gasteiger charge is 2.25. The van der Waals surface area contributed by atoms with E-state index in [1.165, 1.54) is 12.8 Å². The standard InChI is InChI=1S/C16H33N3O/c1-5-8-13(3)18-16(20)14(4)19(11-6-2)12-15-9-7-10-17-15/h13-15,17H,5-12H2,1-4H3,(H,18,20). The lowest BCUT2D eigenvalue weighted by Crippen LogP contribution is -2.51. The fourth-order valence-electron chi connectivity index (χ4n) is 2.96. The number of carbonyl (C=O) groups is 1. The maximum absolute atomic E-state index is 12.3. The van der Waals surface area contributed by atoms with Crippen LogP contribution in [-0.2, 0) is 4.79 Å². The van der Waals surface area contributed by atoms with E-state index in [1.807, 2.05) is 6.92 Å². The van der Waals surface area contributed by atoms with Gasteiger partial charge in [0.05, 0.1) is 6.04 Å². The first-order valence-electron chi connectivity index (χ1n) is 8.36. The molecule has 0 bridgehead atoms. The average Bonchev–Trinajstić information content (AvgIpc) is 2.90. The van der Waals surface area contributed by atoms with Crippen molar-refractivity contribution in [3.63, 3.8) is 0 Å². The molecule has 1 heterocycles. The van der Waals surface area contributed by atoms with Crippen LogP contribution in [0.3, 0.4) is 0 Å². The van der Waals surface area contributed by atoms with Crippen molar-refractivity contribution in [2.24, 2.45) is 0 Å². The molecule has 1 fully saturated rings. The van der Waals surface area contributed by atoms with Gasteiger partial charge in [-0.15, -0.1) is 0 Å². The topological polar surface area (TPSA) is 44.4 Å². The monoisotopic (exact) mass is 283 g/mol. The van der Waals surface area contributed by atoms with Gasteiger partial charge in [-0.05, 0) is 52.6 Å². The minimum absolute atomic E-state index is 0.0309. The van der Waals surface area contributed by atoms with Crippen molar-refractivity contribution in [3.8, 4) is 0 Å². The molecular formula is C16H33N3O. The fraction of sp³-hybridized carbons (Fsp3) is 0.938. The van der Waals surface area contributed by atoms with Gasteiger partial charge in [0.15, 0.2) is 0 Å². The summed E-state index contributed by atoms with van der Waals surface area (Å²) in [7, 11) is 0. The smallest absolute Gasteiger partial charge is 0.237 e. The summed E-state index contributed by atoms with van der Waals surface area (Å²) in [6.45, 7) is 11.6. The summed E-state index contributed by atoms with van der Waals surface area (Å²) >= 11 is 0. The number of amides is 1. The maximum Gasteiger partial charge on any atom is 0.237 e. The maximum atomic E-state index is 12.3. The molecule has 0 spiro atoms. The molecule has 3 unspecified atom stereocenters. The number of nitrogens with zero attached hydrogens (tertiary/aromatic N) is 1. The Morgan fingerprint density at radius 1 is 1.35 bits per heavy atom. The summed E-state index contributed by atoms with van der Waals surface area (Å²) in [4.78, 5) is 14.7. The minimum atomic E-state index is -0.0309. The lowest BCUT2D eigenvalue weighted by molar-refractivity contribution is -0.126. The van der Waals surface area contributed by atoms with Crippen molar-refractivity contribution in [1.82, 2.24) is 15.5 Å². The van der Waals surface area contributed by atoms with E-state index in [0.717, 1.165) is 38.9 Å². The number of nitrogens with one attached hydrogen (secondary N) is 2. The van der Waals surface area contributed by atoms with E-state index in [0.29, 0.717) is 6.04 Å². The molecule has 0 aromatic heterocycles. The largest absolute Gasteiger partial charge is 0.352 e. The van der Waals surface area contributed by atoms with Gasteiger partial charge in [0, 0.05) is 18.6 Å². The van der Waals surface area contributed by atoms with Gasteiger partial charge >= 0.3 is 0 Å². The van der Waals surface area contributed by atoms with Gasteiger partial charge in [0.1, 0.15) is 0 Å². The highest BCUT2D eigenvalue weighted by atomic mass is 16.2. The van der Waals surface area contributed by atoms with E-state index in [2.05, 4.69) is 36.3 Å². The van der Waals surface area contributed by atoms with Crippen LogP contribution in [0.5, 0.6) is 0 Å². The van der Waals surface area contributed by atoms with Gasteiger partial charge in [0.2, 0.25) is 5.91 Å². The molecule has 3 atom stereocenters. The lowest BCUT2D eigenvalue weighted by atomic mass is 10.1. The van der Waals surface area contributed by atoms with Crippen LogP contribution >= 0.6 is 0 Å². The molecule has 0 radical (unpaired) electrons. The van der Waals surface area contributed by atoms with Crippen molar-refractivity contribution in [2.75, 3.05) is 19.6 Å². The first-order valence-corrected chi connectivity index (χ1v) is 8.36. The van der Waals surface area contributed by atoms with Crippen LogP contribution < -0.4 is 10.6 Å². The summed E-state index contributed by atoms with van der Waals surface area (Å²) in [6, 6.07) is 0.810. The predicted octanol–water partition coefficient (Wildman–Crippen LogP) is 2.14. The Bertz CT molecular complexity index is 277. The Labute approximate surface area is 124 Å². The Hall–Kier alpha value is -0.610. The van der Waals surface area contributed by atoms with Crippen LogP contribution in [0.15, 0.2) is 0 Å². The summed E-state index contributed by atoms with van der Waals surface area (Å²) < 4.78 is 0. The third-order valence-electron chi connectivity index (χ3n) is 4.17. The molecule has 0 saturated carbocycles. The van der Waals surface area contributed by atoms with Gasteiger partial charge in [0.25, 0.3) is 0 Å². The molecule has 118 valence electrons. The van der Waals surface area contributed by atoms with Crippen molar-refractivity contribution in [2.45, 2.75) is 77.9 Å². The van der Waals surface area contributed by atoms with Crippen LogP contribution in [-0.4, -0.2) is 48.6 Å². The van der Waals surface area contributed by atoms with Crippen molar-refractivity contribution < 1.29 is 4.79 Å². The third-order valence-corrected chi connectivity index (χ3v) is 4.17. The SMILES string of the molecule is CCCC(C)NC(=O)C(C)N(CCC)CC1CCCN1. The van der Waals surface area contributed by atoms with Crippen molar-refractivity contribution >= 4 is 5.91 Å². The van der Waals surface area contributed by atoms with Crippen LogP contribution in [0.25, 0.3) is 0 Å². The van der Waals surface area contributed by atoms with Gasteiger partial charge in [-0.2, -0.15) is 0 Å². The Morgan fingerprint density at radius 3 is 2.65 bits per heavy atom. The Morgan fingerprint density at radius 2 is 2.10 bits per heavy atom. The Kier molecular flexibility index (Phi) is 8.15. The number of hydrogen-bond acceptors (Lipinski definition) is 3. The molecule has 0 aromatic carbocycles. The molecule has 2 N–H and O–H groups in total. The van der Waals surface area contributed by atoms with E-state index in [-0.39, 0.29) is 18.0 Å². The average molecular weight is 283 g/mol. The zero-order chi connectivity index (χ0) is 15.0. The summed E-state index contributed by atoms with van der Waals surface area (Å²) in [6.07, 6.45) is 5.76. The molecule has 1 rings (SSSR count). The molecule has 1 aliphatic rings. The zero-order valence-corrected chi connectivity index (χ0v) is 13.7. The van der Waals surface area contributed by atoms with Gasteiger partial charge in [-0.3, -0.25) is 9.69 Å². The zero-order valence-electron chi connectivity index (χ0n) is 13.7. The van der Waals surface area contributed by atoms with E-state index < -0.39 is 0 Å². The first kappa shape index (κ1) is 17.4. The van der Waals surface area contributed by atoms with Crippen molar-refractivity contribution in [1.29, 1.82) is 0 Å². The highest BCUT2D eigenvalue weighted by Crippen LogP contribution is 2.10. The van der Waals surface area contributed by atoms with E-state index in [9.17, 15) is 4.79 Å². The molecule has 1 aliphatic heterocycles. The summed E-state index contributed by atoms with van der Waals surface area (Å²) in [5.74, 6) is 0.178. The molecule has 0 aliphatic carbocycles. The molecule has 4 nitrogen and oxygen atoms in total. The van der Waals surface area contributed by atoms with Crippen LogP contribution in [0.4, 0.5) is 0 Å². The second kappa shape index (κ2) is 9.35. The minimum Gasteiger partial charge on any atom is -0.352 e. The van der Waals surface area contributed by atoms with Gasteiger partial charge in [-0.1, -0.05) is 20.3 Å². The number of carbonyl (C=O) groups excluding carboxylic acids is 1. The molecular weight excluding hydrogens is 250 g/mol. The molecule has 0 aromatic rings. The third kappa shape index (κ3) is 5.80. The summed E-state index contributed by atoms with van der Waals surface area (Å²) in [5, 5.41) is 6.67. The lowest BCUT2D eigenvalue weighted by Gasteiger charge is -2.31. The highest BCUT2D eigenvalue weighted by molar-refractivity contribution is 5.81. The number of rotatable bonds is 9.